The standard InChI is InChI=1S/C14H18N4O2/c1-9(2)10-4-3-5-12(6-10)18-8-11(16-17-18)7-13(15)14(19)20/h3-6,8-9,13H,7,15H2,1-2H3,(H,19,20). The molecule has 1 unspecified atom stereocenters. The van der Waals surface area contributed by atoms with Crippen LogP contribution >= 0.6 is 0 Å². The van der Waals surface area contributed by atoms with Gasteiger partial charge in [0.25, 0.3) is 0 Å². The summed E-state index contributed by atoms with van der Waals surface area (Å²) >= 11 is 0. The Morgan fingerprint density at radius 3 is 2.85 bits per heavy atom. The number of benzene rings is 1. The van der Waals surface area contributed by atoms with Gasteiger partial charge >= 0.3 is 5.97 Å². The molecule has 6 nitrogen and oxygen atoms in total. The number of hydrogen-bond donors (Lipinski definition) is 2. The van der Waals surface area contributed by atoms with Crippen LogP contribution in [-0.4, -0.2) is 32.1 Å². The van der Waals surface area contributed by atoms with Crippen molar-refractivity contribution in [2.75, 3.05) is 0 Å². The predicted octanol–water partition coefficient (Wildman–Crippen LogP) is 1.35. The quantitative estimate of drug-likeness (QED) is 0.858. The zero-order valence-corrected chi connectivity index (χ0v) is 11.5. The largest absolute Gasteiger partial charge is 0.480 e. The second-order valence-electron chi connectivity index (χ2n) is 5.05. The van der Waals surface area contributed by atoms with Gasteiger partial charge in [0.05, 0.1) is 17.6 Å². The van der Waals surface area contributed by atoms with Crippen LogP contribution in [0.2, 0.25) is 0 Å². The van der Waals surface area contributed by atoms with E-state index in [-0.39, 0.29) is 6.42 Å². The number of rotatable bonds is 5. The minimum Gasteiger partial charge on any atom is -0.480 e. The normalized spacial score (nSPS) is 12.6. The van der Waals surface area contributed by atoms with E-state index in [9.17, 15) is 4.79 Å². The first-order chi connectivity index (χ1) is 9.47. The molecule has 0 fully saturated rings. The van der Waals surface area contributed by atoms with Crippen LogP contribution in [0.25, 0.3) is 5.69 Å². The van der Waals surface area contributed by atoms with Crippen LogP contribution in [0.15, 0.2) is 30.5 Å². The predicted molar refractivity (Wildman–Crippen MR) is 74.8 cm³/mol. The Morgan fingerprint density at radius 1 is 1.45 bits per heavy atom. The highest BCUT2D eigenvalue weighted by Gasteiger charge is 2.14. The average molecular weight is 274 g/mol. The molecule has 0 radical (unpaired) electrons. The molecule has 0 aliphatic rings. The number of hydrogen-bond acceptors (Lipinski definition) is 4. The molecule has 6 heteroatoms. The van der Waals surface area contributed by atoms with E-state index in [4.69, 9.17) is 10.8 Å². The van der Waals surface area contributed by atoms with E-state index in [1.54, 1.807) is 10.9 Å². The zero-order valence-electron chi connectivity index (χ0n) is 11.5. The van der Waals surface area contributed by atoms with Crippen molar-refractivity contribution in [1.82, 2.24) is 15.0 Å². The molecule has 0 aliphatic heterocycles. The lowest BCUT2D eigenvalue weighted by atomic mass is 10.0. The lowest BCUT2D eigenvalue weighted by Crippen LogP contribution is -2.32. The number of carbonyl (C=O) groups is 1. The van der Waals surface area contributed by atoms with Crippen LogP contribution in [-0.2, 0) is 11.2 Å². The topological polar surface area (TPSA) is 94.0 Å². The van der Waals surface area contributed by atoms with Gasteiger partial charge in [-0.2, -0.15) is 0 Å². The molecular formula is C14H18N4O2. The molecule has 0 saturated carbocycles. The van der Waals surface area contributed by atoms with E-state index in [0.29, 0.717) is 11.6 Å². The first-order valence-electron chi connectivity index (χ1n) is 6.47. The van der Waals surface area contributed by atoms with Crippen molar-refractivity contribution in [3.63, 3.8) is 0 Å². The van der Waals surface area contributed by atoms with Crippen LogP contribution < -0.4 is 5.73 Å². The van der Waals surface area contributed by atoms with Crippen LogP contribution in [0.3, 0.4) is 0 Å². The highest BCUT2D eigenvalue weighted by molar-refractivity contribution is 5.73. The van der Waals surface area contributed by atoms with Gasteiger partial charge in [-0.15, -0.1) is 5.10 Å². The van der Waals surface area contributed by atoms with Gasteiger partial charge in [0.1, 0.15) is 6.04 Å². The van der Waals surface area contributed by atoms with Gasteiger partial charge in [0, 0.05) is 6.42 Å². The summed E-state index contributed by atoms with van der Waals surface area (Å²) in [6, 6.07) is 7.05. The van der Waals surface area contributed by atoms with E-state index in [0.717, 1.165) is 5.69 Å². The molecule has 0 spiro atoms. The van der Waals surface area contributed by atoms with Crippen molar-refractivity contribution in [2.24, 2.45) is 5.73 Å². The lowest BCUT2D eigenvalue weighted by molar-refractivity contribution is -0.138. The highest BCUT2D eigenvalue weighted by atomic mass is 16.4. The van der Waals surface area contributed by atoms with Crippen molar-refractivity contribution >= 4 is 5.97 Å². The Kier molecular flexibility index (Phi) is 4.14. The van der Waals surface area contributed by atoms with Crippen molar-refractivity contribution in [1.29, 1.82) is 0 Å². The van der Waals surface area contributed by atoms with Gasteiger partial charge in [-0.25, -0.2) is 4.68 Å². The number of nitrogens with two attached hydrogens (primary N) is 1. The van der Waals surface area contributed by atoms with Gasteiger partial charge in [-0.1, -0.05) is 31.2 Å². The maximum absolute atomic E-state index is 10.7. The van der Waals surface area contributed by atoms with Crippen LogP contribution in [0, 0.1) is 0 Å². The van der Waals surface area contributed by atoms with Gasteiger partial charge in [-0.05, 0) is 23.6 Å². The van der Waals surface area contributed by atoms with Gasteiger partial charge < -0.3 is 10.8 Å². The average Bonchev–Trinajstić information content (AvgIpc) is 2.87. The Labute approximate surface area is 117 Å². The molecule has 1 atom stereocenters. The number of aromatic nitrogens is 3. The molecule has 1 aromatic heterocycles. The molecule has 106 valence electrons. The summed E-state index contributed by atoms with van der Waals surface area (Å²) in [5.41, 5.74) is 8.16. The molecule has 3 N–H and O–H groups in total. The van der Waals surface area contributed by atoms with Crippen molar-refractivity contribution in [2.45, 2.75) is 32.2 Å². The Balaban J connectivity index is 2.20. The fraction of sp³-hybridized carbons (Fsp3) is 0.357. The molecule has 1 aromatic carbocycles. The minimum absolute atomic E-state index is 0.166. The number of carboxylic acids is 1. The second kappa shape index (κ2) is 5.83. The van der Waals surface area contributed by atoms with E-state index < -0.39 is 12.0 Å². The van der Waals surface area contributed by atoms with Gasteiger partial charge in [0.15, 0.2) is 0 Å². The first kappa shape index (κ1) is 14.2. The fourth-order valence-electron chi connectivity index (χ4n) is 1.86. The van der Waals surface area contributed by atoms with E-state index in [1.165, 1.54) is 5.56 Å². The molecule has 2 rings (SSSR count). The summed E-state index contributed by atoms with van der Waals surface area (Å²) in [5.74, 6) is -0.611. The summed E-state index contributed by atoms with van der Waals surface area (Å²) in [4.78, 5) is 10.7. The number of nitrogens with zero attached hydrogens (tertiary/aromatic N) is 3. The fourth-order valence-corrected chi connectivity index (χ4v) is 1.86. The van der Waals surface area contributed by atoms with Crippen molar-refractivity contribution < 1.29 is 9.90 Å². The molecule has 2 aromatic rings. The summed E-state index contributed by atoms with van der Waals surface area (Å²) in [5, 5.41) is 16.8. The third-order valence-corrected chi connectivity index (χ3v) is 3.09. The first-order valence-corrected chi connectivity index (χ1v) is 6.47. The number of aliphatic carboxylic acids is 1. The van der Waals surface area contributed by atoms with Crippen LogP contribution in [0.5, 0.6) is 0 Å². The van der Waals surface area contributed by atoms with E-state index in [1.807, 2.05) is 18.2 Å². The molecule has 0 amide bonds. The molecule has 20 heavy (non-hydrogen) atoms. The van der Waals surface area contributed by atoms with Crippen molar-refractivity contribution in [3.05, 3.63) is 41.7 Å². The van der Waals surface area contributed by atoms with E-state index >= 15 is 0 Å². The summed E-state index contributed by atoms with van der Waals surface area (Å²) in [6.07, 6.45) is 1.88. The summed E-state index contributed by atoms with van der Waals surface area (Å²) in [7, 11) is 0. The summed E-state index contributed by atoms with van der Waals surface area (Å²) < 4.78 is 1.63. The molecule has 1 heterocycles. The Bertz CT molecular complexity index is 607. The SMILES string of the molecule is CC(C)c1cccc(-n2cc(CC(N)C(=O)O)nn2)c1. The monoisotopic (exact) mass is 274 g/mol. The molecular weight excluding hydrogens is 256 g/mol. The van der Waals surface area contributed by atoms with Crippen molar-refractivity contribution in [3.8, 4) is 5.69 Å². The third-order valence-electron chi connectivity index (χ3n) is 3.09. The smallest absolute Gasteiger partial charge is 0.320 e. The lowest BCUT2D eigenvalue weighted by Gasteiger charge is -2.07. The minimum atomic E-state index is -1.04. The number of carboxylic acid groups (broad SMARTS) is 1. The molecule has 0 aliphatic carbocycles. The van der Waals surface area contributed by atoms with Gasteiger partial charge in [0.2, 0.25) is 0 Å². The highest BCUT2D eigenvalue weighted by Crippen LogP contribution is 2.17. The van der Waals surface area contributed by atoms with E-state index in [2.05, 4.69) is 30.2 Å². The maximum atomic E-state index is 10.7. The van der Waals surface area contributed by atoms with Crippen LogP contribution in [0.1, 0.15) is 31.0 Å². The zero-order chi connectivity index (χ0) is 14.7. The summed E-state index contributed by atoms with van der Waals surface area (Å²) in [6.45, 7) is 4.25. The third kappa shape index (κ3) is 3.21. The molecule has 0 saturated heterocycles. The maximum Gasteiger partial charge on any atom is 0.320 e. The van der Waals surface area contributed by atoms with Gasteiger partial charge in [-0.3, -0.25) is 4.79 Å². The Morgan fingerprint density at radius 2 is 2.20 bits per heavy atom. The molecule has 0 bridgehead atoms. The Hall–Kier alpha value is -2.21. The second-order valence-corrected chi connectivity index (χ2v) is 5.05. The van der Waals surface area contributed by atoms with Crippen LogP contribution in [0.4, 0.5) is 0 Å².